The van der Waals surface area contributed by atoms with Gasteiger partial charge in [0, 0.05) is 4.47 Å². The van der Waals surface area contributed by atoms with Gasteiger partial charge < -0.3 is 14.6 Å². The van der Waals surface area contributed by atoms with Crippen LogP contribution in [0.2, 0.25) is 0 Å². The summed E-state index contributed by atoms with van der Waals surface area (Å²) in [4.78, 5) is 16.3. The van der Waals surface area contributed by atoms with Crippen molar-refractivity contribution in [3.63, 3.8) is 0 Å². The summed E-state index contributed by atoms with van der Waals surface area (Å²) in [7, 11) is 0. The van der Waals surface area contributed by atoms with E-state index in [4.69, 9.17) is 4.74 Å². The molecule has 0 saturated heterocycles. The third kappa shape index (κ3) is 4.18. The van der Waals surface area contributed by atoms with Crippen LogP contribution in [0.25, 0.3) is 16.1 Å². The highest BCUT2D eigenvalue weighted by Crippen LogP contribution is 2.47. The molecule has 0 amide bonds. The molecule has 3 atom stereocenters. The second-order valence-corrected chi connectivity index (χ2v) is 9.62. The molecule has 2 unspecified atom stereocenters. The van der Waals surface area contributed by atoms with E-state index in [1.807, 2.05) is 18.2 Å². The minimum atomic E-state index is -4.56. The van der Waals surface area contributed by atoms with Gasteiger partial charge in [0.1, 0.15) is 11.9 Å². The minimum Gasteiger partial charge on any atom is -0.549 e. The number of hydrogen-bond donors (Lipinski definition) is 0. The summed E-state index contributed by atoms with van der Waals surface area (Å²) in [5, 5.41) is 11.3. The highest BCUT2D eigenvalue weighted by Gasteiger charge is 2.44. The van der Waals surface area contributed by atoms with E-state index >= 15 is 0 Å². The van der Waals surface area contributed by atoms with Crippen LogP contribution in [0.15, 0.2) is 59.3 Å². The lowest BCUT2D eigenvalue weighted by Gasteiger charge is -2.34. The Balaban J connectivity index is 1.72. The number of nitrogens with zero attached hydrogens (tertiary/aromatic N) is 2. The molecule has 0 radical (unpaired) electrons. The number of imidazole rings is 1. The van der Waals surface area contributed by atoms with Gasteiger partial charge in [-0.3, -0.25) is 4.57 Å². The average molecular weight is 526 g/mol. The fourth-order valence-electron chi connectivity index (χ4n) is 3.81. The molecule has 1 aliphatic heterocycles. The van der Waals surface area contributed by atoms with Gasteiger partial charge in [-0.2, -0.15) is 13.2 Å². The van der Waals surface area contributed by atoms with E-state index < -0.39 is 34.7 Å². The number of rotatable bonds is 5. The van der Waals surface area contributed by atoms with Crippen LogP contribution in [0.4, 0.5) is 13.2 Å². The van der Waals surface area contributed by atoms with Crippen LogP contribution in [0, 0.1) is 0 Å². The molecule has 0 bridgehead atoms. The van der Waals surface area contributed by atoms with Crippen LogP contribution < -0.4 is 5.11 Å². The quantitative estimate of drug-likeness (QED) is 0.468. The average Bonchev–Trinajstić information content (AvgIpc) is 3.27. The minimum absolute atomic E-state index is 0.0674. The third-order valence-corrected chi connectivity index (χ3v) is 7.21. The number of alkyl halides is 3. The van der Waals surface area contributed by atoms with Crippen LogP contribution in [0.3, 0.4) is 0 Å². The van der Waals surface area contributed by atoms with Crippen molar-refractivity contribution in [1.29, 1.82) is 0 Å². The first-order valence-corrected chi connectivity index (χ1v) is 11.2. The zero-order chi connectivity index (χ0) is 23.3. The molecule has 1 aromatic heterocycles. The lowest BCUT2D eigenvalue weighted by Crippen LogP contribution is -2.47. The summed E-state index contributed by atoms with van der Waals surface area (Å²) < 4.78 is 48.9. The molecule has 5 nitrogen and oxygen atoms in total. The Morgan fingerprint density at radius 2 is 2.03 bits per heavy atom. The van der Waals surface area contributed by atoms with Gasteiger partial charge in [-0.05, 0) is 49.8 Å². The maximum absolute atomic E-state index is 13.5. The Morgan fingerprint density at radius 3 is 2.72 bits per heavy atom. The summed E-state index contributed by atoms with van der Waals surface area (Å²) in [6.07, 6.45) is -2.41. The van der Waals surface area contributed by atoms with Crippen molar-refractivity contribution >= 4 is 49.7 Å². The smallest absolute Gasteiger partial charge is 0.416 e. The standard InChI is InChI=1S/C22H18BrF3N2O3S/c1-12(14-5-3-4-6-15(14)22(24,25)26)31-21(2)10-18(32-19(21)20(29)30)28-11-27-16-8-7-13(23)9-17(16)28/h3-12,19H,1-2H3,(H,29,30)/p-1/t12-,19?,21?/m1/s1. The molecule has 2 aromatic carbocycles. The molecule has 168 valence electrons. The first-order valence-electron chi connectivity index (χ1n) is 9.57. The molecular weight excluding hydrogens is 509 g/mol. The van der Waals surface area contributed by atoms with E-state index in [9.17, 15) is 23.1 Å². The maximum atomic E-state index is 13.5. The third-order valence-electron chi connectivity index (χ3n) is 5.26. The first-order chi connectivity index (χ1) is 15.0. The number of ether oxygens (including phenoxy) is 1. The van der Waals surface area contributed by atoms with Gasteiger partial charge in [0.25, 0.3) is 0 Å². The lowest BCUT2D eigenvalue weighted by atomic mass is 9.98. The number of halogens is 4. The van der Waals surface area contributed by atoms with E-state index in [-0.39, 0.29) is 5.56 Å². The number of benzene rings is 2. The Kier molecular flexibility index (Phi) is 5.89. The fourth-order valence-corrected chi connectivity index (χ4v) is 5.41. The molecule has 0 spiro atoms. The topological polar surface area (TPSA) is 67.2 Å². The molecule has 0 aliphatic carbocycles. The van der Waals surface area contributed by atoms with Crippen molar-refractivity contribution in [1.82, 2.24) is 9.55 Å². The predicted octanol–water partition coefficient (Wildman–Crippen LogP) is 5.02. The molecule has 32 heavy (non-hydrogen) atoms. The van der Waals surface area contributed by atoms with E-state index in [1.54, 1.807) is 17.0 Å². The number of carboxylic acid groups (broad SMARTS) is 1. The summed E-state index contributed by atoms with van der Waals surface area (Å²) in [6, 6.07) is 10.6. The molecule has 4 rings (SSSR count). The number of carbonyl (C=O) groups excluding carboxylic acids is 1. The van der Waals surface area contributed by atoms with Crippen molar-refractivity contribution < 1.29 is 27.8 Å². The van der Waals surface area contributed by atoms with Crippen LogP contribution in [0.5, 0.6) is 0 Å². The molecule has 2 heterocycles. The summed E-state index contributed by atoms with van der Waals surface area (Å²) >= 11 is 4.42. The second kappa shape index (κ2) is 8.24. The highest BCUT2D eigenvalue weighted by atomic mass is 79.9. The molecular formula is C22H17BrF3N2O3S-. The maximum Gasteiger partial charge on any atom is 0.416 e. The summed E-state index contributed by atoms with van der Waals surface area (Å²) in [5.74, 6) is -1.37. The Bertz CT molecular complexity index is 1230. The van der Waals surface area contributed by atoms with Crippen LogP contribution >= 0.6 is 27.7 Å². The predicted molar refractivity (Wildman–Crippen MR) is 117 cm³/mol. The van der Waals surface area contributed by atoms with Crippen molar-refractivity contribution in [3.8, 4) is 0 Å². The summed E-state index contributed by atoms with van der Waals surface area (Å²) in [5.41, 5.74) is -0.847. The number of carbonyl (C=O) groups is 1. The van der Waals surface area contributed by atoms with Gasteiger partial charge in [0.2, 0.25) is 0 Å². The normalized spacial score (nSPS) is 22.2. The zero-order valence-electron chi connectivity index (χ0n) is 16.9. The molecule has 10 heteroatoms. The fraction of sp³-hybridized carbons (Fsp3) is 0.273. The number of thioether (sulfide) groups is 1. The van der Waals surface area contributed by atoms with Crippen LogP contribution in [-0.2, 0) is 15.7 Å². The van der Waals surface area contributed by atoms with Crippen LogP contribution in [0.1, 0.15) is 31.1 Å². The van der Waals surface area contributed by atoms with Gasteiger partial charge in [-0.15, -0.1) is 0 Å². The van der Waals surface area contributed by atoms with Gasteiger partial charge in [0.15, 0.2) is 0 Å². The van der Waals surface area contributed by atoms with Gasteiger partial charge in [0.05, 0.1) is 38.9 Å². The zero-order valence-corrected chi connectivity index (χ0v) is 19.3. The van der Waals surface area contributed by atoms with E-state index in [0.29, 0.717) is 10.5 Å². The SMILES string of the molecule is C[C@@H](OC1(C)C=C(n2cnc3ccc(Br)cc32)SC1C(=O)[O-])c1ccccc1C(F)(F)F. The number of aliphatic carboxylic acids is 1. The number of carboxylic acids is 1. The molecule has 1 aliphatic rings. The molecule has 3 aromatic rings. The number of hydrogen-bond acceptors (Lipinski definition) is 5. The van der Waals surface area contributed by atoms with Crippen LogP contribution in [-0.4, -0.2) is 26.4 Å². The van der Waals surface area contributed by atoms with Crippen molar-refractivity contribution in [2.75, 3.05) is 0 Å². The Labute approximate surface area is 194 Å². The Hall–Kier alpha value is -2.30. The summed E-state index contributed by atoms with van der Waals surface area (Å²) in [6.45, 7) is 3.01. The number of fused-ring (bicyclic) bond motifs is 1. The van der Waals surface area contributed by atoms with Gasteiger partial charge in [-0.1, -0.05) is 45.9 Å². The largest absolute Gasteiger partial charge is 0.549 e. The van der Waals surface area contributed by atoms with Crippen molar-refractivity contribution in [2.45, 2.75) is 37.0 Å². The molecule has 0 saturated carbocycles. The monoisotopic (exact) mass is 525 g/mol. The van der Waals surface area contributed by atoms with Crippen molar-refractivity contribution in [3.05, 3.63) is 70.5 Å². The van der Waals surface area contributed by atoms with E-state index in [1.165, 1.54) is 32.0 Å². The van der Waals surface area contributed by atoms with E-state index in [0.717, 1.165) is 27.8 Å². The van der Waals surface area contributed by atoms with E-state index in [2.05, 4.69) is 20.9 Å². The second-order valence-electron chi connectivity index (χ2n) is 7.58. The van der Waals surface area contributed by atoms with Gasteiger partial charge in [-0.25, -0.2) is 4.98 Å². The lowest BCUT2D eigenvalue weighted by molar-refractivity contribution is -0.308. The molecule has 0 N–H and O–H groups in total. The van der Waals surface area contributed by atoms with Gasteiger partial charge >= 0.3 is 6.18 Å². The Morgan fingerprint density at radius 1 is 1.31 bits per heavy atom. The highest BCUT2D eigenvalue weighted by molar-refractivity contribution is 9.10. The molecule has 0 fully saturated rings. The number of aromatic nitrogens is 2. The van der Waals surface area contributed by atoms with Crippen molar-refractivity contribution in [2.24, 2.45) is 0 Å². The first kappa shape index (κ1) is 22.9.